The van der Waals surface area contributed by atoms with E-state index in [4.69, 9.17) is 4.74 Å². The van der Waals surface area contributed by atoms with Crippen LogP contribution in [0.4, 0.5) is 0 Å². The molecule has 2 heterocycles. The second kappa shape index (κ2) is 5.23. The summed E-state index contributed by atoms with van der Waals surface area (Å²) in [5.74, 6) is 0.190. The van der Waals surface area contributed by atoms with Crippen molar-refractivity contribution in [3.8, 4) is 0 Å². The fourth-order valence-electron chi connectivity index (χ4n) is 1.77. The first-order valence-corrected chi connectivity index (χ1v) is 6.87. The Morgan fingerprint density at radius 3 is 3.00 bits per heavy atom. The number of rotatable bonds is 3. The highest BCUT2D eigenvalue weighted by atomic mass is 79.9. The SMILES string of the molecule is O=C(CC1CCCCO1)c1cscc1Br. The first kappa shape index (κ1) is 11.3. The Hall–Kier alpha value is -0.190. The molecule has 1 aliphatic heterocycles. The molecular formula is C11H13BrO2S. The standard InChI is InChI=1S/C11H13BrO2S/c12-10-7-15-6-9(10)11(13)5-8-3-1-2-4-14-8/h6-8H,1-5H2. The van der Waals surface area contributed by atoms with Gasteiger partial charge in [-0.3, -0.25) is 4.79 Å². The maximum Gasteiger partial charge on any atom is 0.167 e. The van der Waals surface area contributed by atoms with E-state index >= 15 is 0 Å². The second-order valence-corrected chi connectivity index (χ2v) is 5.35. The minimum atomic E-state index is 0.137. The Labute approximate surface area is 102 Å². The average Bonchev–Trinajstić information content (AvgIpc) is 2.66. The predicted molar refractivity (Wildman–Crippen MR) is 64.6 cm³/mol. The van der Waals surface area contributed by atoms with E-state index in [0.717, 1.165) is 29.5 Å². The summed E-state index contributed by atoms with van der Waals surface area (Å²) in [5, 5.41) is 3.84. The summed E-state index contributed by atoms with van der Waals surface area (Å²) in [6.07, 6.45) is 4.00. The van der Waals surface area contributed by atoms with Crippen molar-refractivity contribution < 1.29 is 9.53 Å². The van der Waals surface area contributed by atoms with Gasteiger partial charge in [-0.1, -0.05) is 0 Å². The van der Waals surface area contributed by atoms with E-state index in [1.807, 2.05) is 10.8 Å². The molecular weight excluding hydrogens is 276 g/mol. The smallest absolute Gasteiger partial charge is 0.167 e. The zero-order valence-corrected chi connectivity index (χ0v) is 10.8. The normalized spacial score (nSPS) is 21.5. The van der Waals surface area contributed by atoms with Crippen LogP contribution in [-0.2, 0) is 4.74 Å². The van der Waals surface area contributed by atoms with E-state index in [2.05, 4.69) is 15.9 Å². The predicted octanol–water partition coefficient (Wildman–Crippen LogP) is 3.65. The third-order valence-corrected chi connectivity index (χ3v) is 4.30. The maximum atomic E-state index is 11.9. The number of ketones is 1. The largest absolute Gasteiger partial charge is 0.378 e. The molecule has 82 valence electrons. The number of carbonyl (C=O) groups is 1. The van der Waals surface area contributed by atoms with Gasteiger partial charge in [-0.15, -0.1) is 0 Å². The van der Waals surface area contributed by atoms with E-state index < -0.39 is 0 Å². The summed E-state index contributed by atoms with van der Waals surface area (Å²) in [5.41, 5.74) is 0.800. The van der Waals surface area contributed by atoms with Crippen molar-refractivity contribution in [1.82, 2.24) is 0 Å². The van der Waals surface area contributed by atoms with Gasteiger partial charge in [0, 0.05) is 33.8 Å². The molecule has 1 atom stereocenters. The fourth-order valence-corrected chi connectivity index (χ4v) is 3.29. The first-order chi connectivity index (χ1) is 7.27. The molecule has 0 amide bonds. The minimum absolute atomic E-state index is 0.137. The summed E-state index contributed by atoms with van der Waals surface area (Å²) in [6.45, 7) is 0.808. The molecule has 1 aromatic rings. The summed E-state index contributed by atoms with van der Waals surface area (Å²) in [4.78, 5) is 11.9. The molecule has 0 aliphatic carbocycles. The quantitative estimate of drug-likeness (QED) is 0.794. The van der Waals surface area contributed by atoms with Gasteiger partial charge in [0.1, 0.15) is 0 Å². The van der Waals surface area contributed by atoms with Crippen LogP contribution in [0, 0.1) is 0 Å². The number of Topliss-reactive ketones (excluding diaryl/α,β-unsaturated/α-hetero) is 1. The maximum absolute atomic E-state index is 11.9. The number of hydrogen-bond donors (Lipinski definition) is 0. The lowest BCUT2D eigenvalue weighted by Crippen LogP contribution is -2.22. The molecule has 4 heteroatoms. The number of thiophene rings is 1. The molecule has 2 rings (SSSR count). The van der Waals surface area contributed by atoms with Gasteiger partial charge < -0.3 is 4.74 Å². The summed E-state index contributed by atoms with van der Waals surface area (Å²) < 4.78 is 6.46. The van der Waals surface area contributed by atoms with Crippen molar-refractivity contribution in [1.29, 1.82) is 0 Å². The molecule has 0 aromatic carbocycles. The highest BCUT2D eigenvalue weighted by molar-refractivity contribution is 9.10. The van der Waals surface area contributed by atoms with Crippen LogP contribution in [0.15, 0.2) is 15.2 Å². The molecule has 0 spiro atoms. The van der Waals surface area contributed by atoms with Crippen molar-refractivity contribution in [3.63, 3.8) is 0 Å². The zero-order valence-electron chi connectivity index (χ0n) is 8.37. The van der Waals surface area contributed by atoms with Crippen LogP contribution < -0.4 is 0 Å². The van der Waals surface area contributed by atoms with E-state index in [1.54, 1.807) is 11.3 Å². The van der Waals surface area contributed by atoms with Gasteiger partial charge in [0.25, 0.3) is 0 Å². The minimum Gasteiger partial charge on any atom is -0.378 e. The molecule has 1 aliphatic rings. The van der Waals surface area contributed by atoms with Crippen LogP contribution in [-0.4, -0.2) is 18.5 Å². The molecule has 0 radical (unpaired) electrons. The van der Waals surface area contributed by atoms with Crippen molar-refractivity contribution >= 4 is 33.0 Å². The molecule has 0 N–H and O–H groups in total. The highest BCUT2D eigenvalue weighted by Crippen LogP contribution is 2.25. The Balaban J connectivity index is 1.94. The second-order valence-electron chi connectivity index (χ2n) is 3.75. The van der Waals surface area contributed by atoms with Crippen LogP contribution in [0.25, 0.3) is 0 Å². The van der Waals surface area contributed by atoms with Crippen LogP contribution >= 0.6 is 27.3 Å². The van der Waals surface area contributed by atoms with Crippen LogP contribution in [0.3, 0.4) is 0 Å². The van der Waals surface area contributed by atoms with Gasteiger partial charge in [-0.25, -0.2) is 0 Å². The monoisotopic (exact) mass is 288 g/mol. The Morgan fingerprint density at radius 1 is 1.53 bits per heavy atom. The lowest BCUT2D eigenvalue weighted by molar-refractivity contribution is 0.0129. The molecule has 1 unspecified atom stereocenters. The number of ether oxygens (including phenoxy) is 1. The molecule has 0 saturated carbocycles. The average molecular weight is 289 g/mol. The lowest BCUT2D eigenvalue weighted by Gasteiger charge is -2.21. The molecule has 1 fully saturated rings. The summed E-state index contributed by atoms with van der Waals surface area (Å²) in [6, 6.07) is 0. The Kier molecular flexibility index (Phi) is 3.94. The van der Waals surface area contributed by atoms with Gasteiger partial charge in [0.2, 0.25) is 0 Å². The van der Waals surface area contributed by atoms with Gasteiger partial charge in [0.15, 0.2) is 5.78 Å². The van der Waals surface area contributed by atoms with Crippen molar-refractivity contribution in [2.75, 3.05) is 6.61 Å². The molecule has 1 saturated heterocycles. The molecule has 1 aromatic heterocycles. The topological polar surface area (TPSA) is 26.3 Å². The van der Waals surface area contributed by atoms with E-state index in [9.17, 15) is 4.79 Å². The summed E-state index contributed by atoms with van der Waals surface area (Å²) >= 11 is 4.93. The third kappa shape index (κ3) is 2.89. The van der Waals surface area contributed by atoms with E-state index in [1.165, 1.54) is 6.42 Å². The van der Waals surface area contributed by atoms with Gasteiger partial charge in [0.05, 0.1) is 6.10 Å². The van der Waals surface area contributed by atoms with Crippen molar-refractivity contribution in [2.45, 2.75) is 31.8 Å². The zero-order chi connectivity index (χ0) is 10.7. The number of halogens is 1. The van der Waals surface area contributed by atoms with Crippen molar-refractivity contribution in [3.05, 3.63) is 20.8 Å². The molecule has 0 bridgehead atoms. The highest BCUT2D eigenvalue weighted by Gasteiger charge is 2.20. The fraction of sp³-hybridized carbons (Fsp3) is 0.545. The van der Waals surface area contributed by atoms with Crippen LogP contribution in [0.5, 0.6) is 0 Å². The Morgan fingerprint density at radius 2 is 2.40 bits per heavy atom. The Bertz CT molecular complexity index is 342. The number of carbonyl (C=O) groups excluding carboxylic acids is 1. The van der Waals surface area contributed by atoms with E-state index in [-0.39, 0.29) is 11.9 Å². The van der Waals surface area contributed by atoms with Crippen LogP contribution in [0.1, 0.15) is 36.0 Å². The number of hydrogen-bond acceptors (Lipinski definition) is 3. The van der Waals surface area contributed by atoms with E-state index in [0.29, 0.717) is 6.42 Å². The summed E-state index contributed by atoms with van der Waals surface area (Å²) in [7, 11) is 0. The van der Waals surface area contributed by atoms with Crippen molar-refractivity contribution in [2.24, 2.45) is 0 Å². The first-order valence-electron chi connectivity index (χ1n) is 5.14. The third-order valence-electron chi connectivity index (χ3n) is 2.60. The van der Waals surface area contributed by atoms with Gasteiger partial charge in [-0.05, 0) is 35.2 Å². The van der Waals surface area contributed by atoms with Crippen LogP contribution in [0.2, 0.25) is 0 Å². The molecule has 2 nitrogen and oxygen atoms in total. The lowest BCUT2D eigenvalue weighted by atomic mass is 10.0. The van der Waals surface area contributed by atoms with Gasteiger partial charge >= 0.3 is 0 Å². The van der Waals surface area contributed by atoms with Gasteiger partial charge in [-0.2, -0.15) is 11.3 Å². The molecule has 15 heavy (non-hydrogen) atoms.